The van der Waals surface area contributed by atoms with E-state index in [0.717, 1.165) is 6.42 Å². The first-order valence-electron chi connectivity index (χ1n) is 4.07. The smallest absolute Gasteiger partial charge is 0.305 e. The van der Waals surface area contributed by atoms with Crippen molar-refractivity contribution in [2.75, 3.05) is 0 Å². The van der Waals surface area contributed by atoms with E-state index in [4.69, 9.17) is 9.47 Å². The quantitative estimate of drug-likeness (QED) is 0.378. The molecule has 0 unspecified atom stereocenters. The molecule has 0 aromatic heterocycles. The summed E-state index contributed by atoms with van der Waals surface area (Å²) in [5, 5.41) is 0. The Bertz CT molecular complexity index is 192. The minimum Gasteiger partial charge on any atom is -0.421 e. The Kier molecular flexibility index (Phi) is 5.59. The molecule has 0 aliphatic rings. The molecule has 0 atom stereocenters. The predicted molar refractivity (Wildman–Crippen MR) is 46.8 cm³/mol. The number of esters is 2. The van der Waals surface area contributed by atoms with Crippen molar-refractivity contribution in [2.24, 2.45) is 0 Å². The van der Waals surface area contributed by atoms with Gasteiger partial charge in [0.25, 0.3) is 6.29 Å². The predicted octanol–water partition coefficient (Wildman–Crippen LogP) is 1.40. The van der Waals surface area contributed by atoms with Crippen LogP contribution in [-0.2, 0) is 19.1 Å². The van der Waals surface area contributed by atoms with Gasteiger partial charge in [0.1, 0.15) is 0 Å². The van der Waals surface area contributed by atoms with E-state index in [9.17, 15) is 9.59 Å². The molecule has 0 spiro atoms. The summed E-state index contributed by atoms with van der Waals surface area (Å²) in [7, 11) is 0. The fraction of sp³-hybridized carbons (Fsp3) is 0.556. The topological polar surface area (TPSA) is 52.6 Å². The normalized spacial score (nSPS) is 10.5. The molecule has 0 radical (unpaired) electrons. The van der Waals surface area contributed by atoms with Gasteiger partial charge in [-0.3, -0.25) is 9.59 Å². The van der Waals surface area contributed by atoms with Crippen molar-refractivity contribution in [3.05, 3.63) is 12.2 Å². The lowest BCUT2D eigenvalue weighted by Gasteiger charge is -2.12. The molecular formula is C9H14O4. The molecule has 0 aromatic rings. The summed E-state index contributed by atoms with van der Waals surface area (Å²) in [6.45, 7) is 4.45. The molecule has 0 aromatic carbocycles. The van der Waals surface area contributed by atoms with Gasteiger partial charge in [0, 0.05) is 13.8 Å². The Morgan fingerprint density at radius 3 is 2.00 bits per heavy atom. The van der Waals surface area contributed by atoms with Crippen LogP contribution in [0, 0.1) is 0 Å². The molecule has 0 bridgehead atoms. The third-order valence-corrected chi connectivity index (χ3v) is 1.09. The summed E-state index contributed by atoms with van der Waals surface area (Å²) < 4.78 is 9.39. The second-order valence-electron chi connectivity index (χ2n) is 2.42. The first-order valence-corrected chi connectivity index (χ1v) is 4.07. The number of hydrogen-bond donors (Lipinski definition) is 0. The molecule has 0 heterocycles. The minimum absolute atomic E-state index is 0.480. The van der Waals surface area contributed by atoms with E-state index in [1.807, 2.05) is 6.92 Å². The number of ether oxygens (including phenoxy) is 2. The van der Waals surface area contributed by atoms with E-state index in [2.05, 4.69) is 0 Å². The van der Waals surface area contributed by atoms with Crippen LogP contribution in [0.2, 0.25) is 0 Å². The van der Waals surface area contributed by atoms with Gasteiger partial charge in [-0.2, -0.15) is 0 Å². The van der Waals surface area contributed by atoms with Crippen LogP contribution in [0.5, 0.6) is 0 Å². The van der Waals surface area contributed by atoms with Crippen LogP contribution >= 0.6 is 0 Å². The fourth-order valence-corrected chi connectivity index (χ4v) is 0.677. The Morgan fingerprint density at radius 2 is 1.69 bits per heavy atom. The van der Waals surface area contributed by atoms with Crippen molar-refractivity contribution in [3.8, 4) is 0 Å². The highest BCUT2D eigenvalue weighted by Crippen LogP contribution is 1.99. The highest BCUT2D eigenvalue weighted by molar-refractivity contribution is 5.68. The van der Waals surface area contributed by atoms with Crippen molar-refractivity contribution >= 4 is 11.9 Å². The van der Waals surface area contributed by atoms with Gasteiger partial charge >= 0.3 is 11.9 Å². The summed E-state index contributed by atoms with van der Waals surface area (Å²) >= 11 is 0. The van der Waals surface area contributed by atoms with Gasteiger partial charge in [0.05, 0.1) is 0 Å². The molecule has 74 valence electrons. The molecular weight excluding hydrogens is 172 g/mol. The molecule has 13 heavy (non-hydrogen) atoms. The third kappa shape index (κ3) is 7.05. The van der Waals surface area contributed by atoms with Gasteiger partial charge < -0.3 is 9.47 Å². The Balaban J connectivity index is 4.10. The van der Waals surface area contributed by atoms with E-state index in [1.54, 1.807) is 6.08 Å². The van der Waals surface area contributed by atoms with Gasteiger partial charge in [-0.25, -0.2) is 0 Å². The Hall–Kier alpha value is -1.32. The van der Waals surface area contributed by atoms with Crippen molar-refractivity contribution in [1.82, 2.24) is 0 Å². The first-order chi connectivity index (χ1) is 6.06. The monoisotopic (exact) mass is 186 g/mol. The molecule has 0 rings (SSSR count). The molecule has 4 nitrogen and oxygen atoms in total. The average Bonchev–Trinajstić information content (AvgIpc) is 1.98. The van der Waals surface area contributed by atoms with Crippen LogP contribution in [-0.4, -0.2) is 18.2 Å². The molecule has 0 aliphatic heterocycles. The Morgan fingerprint density at radius 1 is 1.23 bits per heavy atom. The second-order valence-corrected chi connectivity index (χ2v) is 2.42. The van der Waals surface area contributed by atoms with E-state index in [1.165, 1.54) is 19.9 Å². The van der Waals surface area contributed by atoms with Crippen LogP contribution < -0.4 is 0 Å². The number of allylic oxidation sites excluding steroid dienone is 1. The third-order valence-electron chi connectivity index (χ3n) is 1.09. The largest absolute Gasteiger partial charge is 0.421 e. The van der Waals surface area contributed by atoms with Crippen molar-refractivity contribution in [3.63, 3.8) is 0 Å². The van der Waals surface area contributed by atoms with E-state index in [-0.39, 0.29) is 0 Å². The van der Waals surface area contributed by atoms with Crippen molar-refractivity contribution < 1.29 is 19.1 Å². The van der Waals surface area contributed by atoms with Crippen LogP contribution in [0.1, 0.15) is 27.2 Å². The maximum atomic E-state index is 10.6. The van der Waals surface area contributed by atoms with Gasteiger partial charge in [0.15, 0.2) is 0 Å². The van der Waals surface area contributed by atoms with Gasteiger partial charge in [-0.05, 0) is 12.5 Å². The first kappa shape index (κ1) is 11.7. The SMILES string of the molecule is CC/C=C/C(OC(C)=O)OC(C)=O. The lowest BCUT2D eigenvalue weighted by Crippen LogP contribution is -2.19. The van der Waals surface area contributed by atoms with Gasteiger partial charge in [-0.15, -0.1) is 0 Å². The summed E-state index contributed by atoms with van der Waals surface area (Å²) in [6, 6.07) is 0. The van der Waals surface area contributed by atoms with Crippen LogP contribution in [0.4, 0.5) is 0 Å². The molecule has 0 aliphatic carbocycles. The molecule has 0 amide bonds. The molecule has 0 N–H and O–H groups in total. The van der Waals surface area contributed by atoms with Crippen molar-refractivity contribution in [1.29, 1.82) is 0 Å². The number of carbonyl (C=O) groups is 2. The maximum Gasteiger partial charge on any atom is 0.305 e. The maximum absolute atomic E-state index is 10.6. The number of rotatable bonds is 4. The second kappa shape index (κ2) is 6.22. The Labute approximate surface area is 77.5 Å². The molecule has 4 heteroatoms. The van der Waals surface area contributed by atoms with E-state index in [0.29, 0.717) is 0 Å². The lowest BCUT2D eigenvalue weighted by molar-refractivity contribution is -0.176. The summed E-state index contributed by atoms with van der Waals surface area (Å²) in [5.41, 5.74) is 0. The van der Waals surface area contributed by atoms with Crippen LogP contribution in [0.3, 0.4) is 0 Å². The zero-order valence-electron chi connectivity index (χ0n) is 8.07. The lowest BCUT2D eigenvalue weighted by atomic mass is 10.4. The van der Waals surface area contributed by atoms with Gasteiger partial charge in [-0.1, -0.05) is 13.0 Å². The number of hydrogen-bond acceptors (Lipinski definition) is 4. The van der Waals surface area contributed by atoms with E-state index >= 15 is 0 Å². The number of carbonyl (C=O) groups excluding carboxylic acids is 2. The van der Waals surface area contributed by atoms with Gasteiger partial charge in [0.2, 0.25) is 0 Å². The summed E-state index contributed by atoms with van der Waals surface area (Å²) in [6.07, 6.45) is 3.19. The fourth-order valence-electron chi connectivity index (χ4n) is 0.677. The minimum atomic E-state index is -0.894. The van der Waals surface area contributed by atoms with Crippen LogP contribution in [0.15, 0.2) is 12.2 Å². The average molecular weight is 186 g/mol. The molecule has 0 saturated heterocycles. The highest BCUT2D eigenvalue weighted by Gasteiger charge is 2.10. The zero-order chi connectivity index (χ0) is 10.3. The zero-order valence-corrected chi connectivity index (χ0v) is 8.07. The van der Waals surface area contributed by atoms with Crippen molar-refractivity contribution in [2.45, 2.75) is 33.5 Å². The summed E-state index contributed by atoms with van der Waals surface area (Å²) in [4.78, 5) is 21.1. The molecule has 0 fully saturated rings. The summed E-state index contributed by atoms with van der Waals surface area (Å²) in [5.74, 6) is -0.959. The van der Waals surface area contributed by atoms with Crippen LogP contribution in [0.25, 0.3) is 0 Å². The standard InChI is InChI=1S/C9H14O4/c1-4-5-6-9(12-7(2)10)13-8(3)11/h5-6,9H,4H2,1-3H3/b6-5+. The highest BCUT2D eigenvalue weighted by atomic mass is 16.7. The molecule has 0 saturated carbocycles. The van der Waals surface area contributed by atoms with E-state index < -0.39 is 18.2 Å².